The summed E-state index contributed by atoms with van der Waals surface area (Å²) in [5, 5.41) is 0. The lowest BCUT2D eigenvalue weighted by Crippen LogP contribution is -2.39. The van der Waals surface area contributed by atoms with Crippen molar-refractivity contribution in [2.75, 3.05) is 13.1 Å². The van der Waals surface area contributed by atoms with Crippen LogP contribution >= 0.6 is 0 Å². The van der Waals surface area contributed by atoms with E-state index in [2.05, 4.69) is 0 Å². The largest absolute Gasteiger partial charge is 0.444 e. The van der Waals surface area contributed by atoms with Crippen molar-refractivity contribution < 1.29 is 9.53 Å². The summed E-state index contributed by atoms with van der Waals surface area (Å²) in [7, 11) is 0. The van der Waals surface area contributed by atoms with Crippen LogP contribution in [0.2, 0.25) is 0 Å². The fourth-order valence-electron chi connectivity index (χ4n) is 2.05. The number of hydrogen-bond acceptors (Lipinski definition) is 3. The molecule has 0 aliphatic carbocycles. The molecule has 0 aromatic rings. The van der Waals surface area contributed by atoms with Crippen LogP contribution in [-0.4, -0.2) is 35.7 Å². The first-order valence-corrected chi connectivity index (χ1v) is 6.14. The number of likely N-dealkylation sites (tertiary alicyclic amines) is 1. The summed E-state index contributed by atoms with van der Waals surface area (Å²) in [5.74, 6) is 0. The lowest BCUT2D eigenvalue weighted by atomic mass is 10.1. The Balaban J connectivity index is 2.47. The monoisotopic (exact) mass is 228 g/mol. The van der Waals surface area contributed by atoms with Gasteiger partial charge in [0.2, 0.25) is 0 Å². The van der Waals surface area contributed by atoms with Gasteiger partial charge < -0.3 is 15.4 Å². The van der Waals surface area contributed by atoms with Gasteiger partial charge in [-0.15, -0.1) is 0 Å². The average molecular weight is 228 g/mol. The van der Waals surface area contributed by atoms with Crippen LogP contribution in [0.5, 0.6) is 0 Å². The Labute approximate surface area is 98.1 Å². The van der Waals surface area contributed by atoms with E-state index in [1.54, 1.807) is 0 Å². The predicted molar refractivity (Wildman–Crippen MR) is 64.3 cm³/mol. The Morgan fingerprint density at radius 2 is 2.19 bits per heavy atom. The molecule has 1 aliphatic heterocycles. The van der Waals surface area contributed by atoms with Crippen molar-refractivity contribution in [3.63, 3.8) is 0 Å². The molecule has 4 nitrogen and oxygen atoms in total. The second kappa shape index (κ2) is 5.53. The number of nitrogens with zero attached hydrogens (tertiary/aromatic N) is 1. The zero-order chi connectivity index (χ0) is 12.2. The summed E-state index contributed by atoms with van der Waals surface area (Å²) in [6.07, 6.45) is 3.96. The van der Waals surface area contributed by atoms with Gasteiger partial charge in [0.1, 0.15) is 5.60 Å². The van der Waals surface area contributed by atoms with E-state index in [1.807, 2.05) is 25.7 Å². The third kappa shape index (κ3) is 4.00. The zero-order valence-electron chi connectivity index (χ0n) is 10.7. The fourth-order valence-corrected chi connectivity index (χ4v) is 2.05. The molecule has 94 valence electrons. The zero-order valence-corrected chi connectivity index (χ0v) is 10.7. The molecule has 1 fully saturated rings. The van der Waals surface area contributed by atoms with E-state index in [0.29, 0.717) is 12.6 Å². The highest BCUT2D eigenvalue weighted by atomic mass is 16.6. The molecule has 1 aliphatic rings. The maximum Gasteiger partial charge on any atom is 0.410 e. The molecule has 0 bridgehead atoms. The number of amides is 1. The highest BCUT2D eigenvalue weighted by Crippen LogP contribution is 2.23. The van der Waals surface area contributed by atoms with Crippen LogP contribution in [0.1, 0.15) is 46.5 Å². The summed E-state index contributed by atoms with van der Waals surface area (Å²) in [6.45, 7) is 7.21. The SMILES string of the molecule is CC(C)(C)OC(=O)N1CCC[C@@H]1CCCN. The van der Waals surface area contributed by atoms with Crippen LogP contribution in [0.4, 0.5) is 4.79 Å². The topological polar surface area (TPSA) is 55.6 Å². The van der Waals surface area contributed by atoms with Gasteiger partial charge in [-0.2, -0.15) is 0 Å². The van der Waals surface area contributed by atoms with Gasteiger partial charge in [-0.05, 0) is 53.0 Å². The lowest BCUT2D eigenvalue weighted by molar-refractivity contribution is 0.0219. The molecular formula is C12H24N2O2. The summed E-state index contributed by atoms with van der Waals surface area (Å²) >= 11 is 0. The second-order valence-electron chi connectivity index (χ2n) is 5.40. The molecule has 1 atom stereocenters. The average Bonchev–Trinajstić information content (AvgIpc) is 2.59. The van der Waals surface area contributed by atoms with Gasteiger partial charge in [0.05, 0.1) is 0 Å². The van der Waals surface area contributed by atoms with Gasteiger partial charge in [-0.3, -0.25) is 0 Å². The number of carbonyl (C=O) groups excluding carboxylic acids is 1. The second-order valence-corrected chi connectivity index (χ2v) is 5.40. The maximum absolute atomic E-state index is 11.9. The van der Waals surface area contributed by atoms with E-state index in [-0.39, 0.29) is 6.09 Å². The minimum Gasteiger partial charge on any atom is -0.444 e. The van der Waals surface area contributed by atoms with Crippen LogP contribution in [0.15, 0.2) is 0 Å². The molecule has 1 heterocycles. The molecule has 0 saturated carbocycles. The molecule has 1 rings (SSSR count). The molecule has 0 spiro atoms. The first-order chi connectivity index (χ1) is 7.44. The third-order valence-electron chi connectivity index (χ3n) is 2.75. The Bertz CT molecular complexity index is 236. The molecule has 4 heteroatoms. The van der Waals surface area contributed by atoms with Gasteiger partial charge in [0.25, 0.3) is 0 Å². The van der Waals surface area contributed by atoms with Gasteiger partial charge >= 0.3 is 6.09 Å². The van der Waals surface area contributed by atoms with Crippen LogP contribution in [0.25, 0.3) is 0 Å². The van der Waals surface area contributed by atoms with Crippen LogP contribution in [0, 0.1) is 0 Å². The number of ether oxygens (including phenoxy) is 1. The first kappa shape index (κ1) is 13.3. The molecule has 0 unspecified atom stereocenters. The minimum absolute atomic E-state index is 0.174. The molecule has 0 aromatic carbocycles. The quantitative estimate of drug-likeness (QED) is 0.805. The molecular weight excluding hydrogens is 204 g/mol. The van der Waals surface area contributed by atoms with Gasteiger partial charge in [-0.25, -0.2) is 4.79 Å². The molecule has 0 radical (unpaired) electrons. The van der Waals surface area contributed by atoms with Crippen molar-refractivity contribution in [3.8, 4) is 0 Å². The van der Waals surface area contributed by atoms with E-state index >= 15 is 0 Å². The van der Waals surface area contributed by atoms with Crippen molar-refractivity contribution >= 4 is 6.09 Å². The Kier molecular flexibility index (Phi) is 4.59. The fraction of sp³-hybridized carbons (Fsp3) is 0.917. The molecule has 1 saturated heterocycles. The summed E-state index contributed by atoms with van der Waals surface area (Å²) in [4.78, 5) is 13.8. The van der Waals surface area contributed by atoms with Crippen LogP contribution in [0.3, 0.4) is 0 Å². The van der Waals surface area contributed by atoms with Crippen molar-refractivity contribution in [1.29, 1.82) is 0 Å². The Hall–Kier alpha value is -0.770. The predicted octanol–water partition coefficient (Wildman–Crippen LogP) is 2.12. The summed E-state index contributed by atoms with van der Waals surface area (Å²) in [5.41, 5.74) is 5.09. The highest BCUT2D eigenvalue weighted by molar-refractivity contribution is 5.68. The minimum atomic E-state index is -0.405. The van der Waals surface area contributed by atoms with E-state index in [0.717, 1.165) is 32.2 Å². The maximum atomic E-state index is 11.9. The Morgan fingerprint density at radius 3 is 2.75 bits per heavy atom. The lowest BCUT2D eigenvalue weighted by Gasteiger charge is -2.28. The van der Waals surface area contributed by atoms with E-state index < -0.39 is 5.60 Å². The number of hydrogen-bond donors (Lipinski definition) is 1. The normalized spacial score (nSPS) is 21.2. The number of nitrogens with two attached hydrogens (primary N) is 1. The smallest absolute Gasteiger partial charge is 0.410 e. The highest BCUT2D eigenvalue weighted by Gasteiger charge is 2.31. The van der Waals surface area contributed by atoms with Gasteiger partial charge in [0.15, 0.2) is 0 Å². The van der Waals surface area contributed by atoms with Crippen molar-refractivity contribution in [3.05, 3.63) is 0 Å². The van der Waals surface area contributed by atoms with Crippen molar-refractivity contribution in [1.82, 2.24) is 4.90 Å². The van der Waals surface area contributed by atoms with E-state index in [4.69, 9.17) is 10.5 Å². The van der Waals surface area contributed by atoms with Crippen LogP contribution < -0.4 is 5.73 Å². The summed E-state index contributed by atoms with van der Waals surface area (Å²) in [6, 6.07) is 0.332. The van der Waals surface area contributed by atoms with Crippen LogP contribution in [-0.2, 0) is 4.74 Å². The standard InChI is InChI=1S/C12H24N2O2/c1-12(2,3)16-11(15)14-9-5-7-10(14)6-4-8-13/h10H,4-9,13H2,1-3H3/t10-/m0/s1. The van der Waals surface area contributed by atoms with Gasteiger partial charge in [0, 0.05) is 12.6 Å². The molecule has 0 aromatic heterocycles. The summed E-state index contributed by atoms with van der Waals surface area (Å²) < 4.78 is 5.39. The number of carbonyl (C=O) groups is 1. The van der Waals surface area contributed by atoms with E-state index in [9.17, 15) is 4.79 Å². The molecule has 16 heavy (non-hydrogen) atoms. The third-order valence-corrected chi connectivity index (χ3v) is 2.75. The molecule has 1 amide bonds. The van der Waals surface area contributed by atoms with Crippen molar-refractivity contribution in [2.24, 2.45) is 5.73 Å². The number of rotatable bonds is 3. The van der Waals surface area contributed by atoms with Gasteiger partial charge in [-0.1, -0.05) is 0 Å². The van der Waals surface area contributed by atoms with E-state index in [1.165, 1.54) is 0 Å². The van der Waals surface area contributed by atoms with Crippen molar-refractivity contribution in [2.45, 2.75) is 58.1 Å². The molecule has 2 N–H and O–H groups in total. The first-order valence-electron chi connectivity index (χ1n) is 6.14. The Morgan fingerprint density at radius 1 is 1.50 bits per heavy atom.